The average molecular weight is 315 g/mol. The van der Waals surface area contributed by atoms with Crippen molar-refractivity contribution in [2.24, 2.45) is 0 Å². The summed E-state index contributed by atoms with van der Waals surface area (Å²) in [5, 5.41) is 10.1. The van der Waals surface area contributed by atoms with Crippen LogP contribution in [0, 0.1) is 12.7 Å². The summed E-state index contributed by atoms with van der Waals surface area (Å²) in [6, 6.07) is 8.67. The summed E-state index contributed by atoms with van der Waals surface area (Å²) in [6.07, 6.45) is -0.0266. The van der Waals surface area contributed by atoms with Gasteiger partial charge in [0, 0.05) is 11.3 Å². The Morgan fingerprint density at radius 2 is 2.12 bits per heavy atom. The molecule has 17 heavy (non-hydrogen) atoms. The number of thiophene rings is 1. The van der Waals surface area contributed by atoms with Gasteiger partial charge in [0.15, 0.2) is 0 Å². The van der Waals surface area contributed by atoms with Crippen molar-refractivity contribution in [3.8, 4) is 0 Å². The molecule has 4 heteroatoms. The first-order valence-corrected chi connectivity index (χ1v) is 6.85. The van der Waals surface area contributed by atoms with E-state index in [2.05, 4.69) is 15.9 Å². The minimum Gasteiger partial charge on any atom is -0.388 e. The molecule has 0 aliphatic rings. The van der Waals surface area contributed by atoms with E-state index in [-0.39, 0.29) is 5.82 Å². The minimum absolute atomic E-state index is 0.236. The third-order valence-electron chi connectivity index (χ3n) is 2.59. The molecule has 0 saturated carbocycles. The summed E-state index contributed by atoms with van der Waals surface area (Å²) in [6.45, 7) is 1.70. The molecule has 1 heterocycles. The normalized spacial score (nSPS) is 12.7. The van der Waals surface area contributed by atoms with Gasteiger partial charge in [0.25, 0.3) is 0 Å². The Balaban J connectivity index is 2.14. The van der Waals surface area contributed by atoms with Crippen molar-refractivity contribution in [1.29, 1.82) is 0 Å². The molecule has 1 unspecified atom stereocenters. The minimum atomic E-state index is -0.583. The van der Waals surface area contributed by atoms with Gasteiger partial charge in [-0.05, 0) is 52.2 Å². The molecule has 0 bridgehead atoms. The van der Waals surface area contributed by atoms with E-state index < -0.39 is 6.10 Å². The summed E-state index contributed by atoms with van der Waals surface area (Å²) in [4.78, 5) is 1.10. The van der Waals surface area contributed by atoms with Gasteiger partial charge in [0.1, 0.15) is 5.82 Å². The van der Waals surface area contributed by atoms with Gasteiger partial charge in [-0.15, -0.1) is 11.3 Å². The smallest absolute Gasteiger partial charge is 0.126 e. The molecule has 0 saturated heterocycles. The van der Waals surface area contributed by atoms with Crippen LogP contribution in [0.1, 0.15) is 22.1 Å². The molecule has 0 spiro atoms. The average Bonchev–Trinajstić information content (AvgIpc) is 2.68. The van der Waals surface area contributed by atoms with Crippen LogP contribution in [-0.4, -0.2) is 5.11 Å². The molecule has 2 aromatic rings. The number of aliphatic hydroxyl groups is 1. The van der Waals surface area contributed by atoms with E-state index in [0.717, 1.165) is 14.2 Å². The summed E-state index contributed by atoms with van der Waals surface area (Å²) in [5.41, 5.74) is 1.32. The second-order valence-corrected chi connectivity index (χ2v) is 6.48. The fourth-order valence-corrected chi connectivity index (χ4v) is 3.16. The summed E-state index contributed by atoms with van der Waals surface area (Å²) < 4.78 is 14.2. The van der Waals surface area contributed by atoms with E-state index in [1.165, 1.54) is 6.07 Å². The van der Waals surface area contributed by atoms with Gasteiger partial charge in [-0.25, -0.2) is 4.39 Å². The molecule has 0 aliphatic carbocycles. The molecule has 0 aliphatic heterocycles. The van der Waals surface area contributed by atoms with Gasteiger partial charge >= 0.3 is 0 Å². The third-order valence-corrected chi connectivity index (χ3v) is 4.24. The van der Waals surface area contributed by atoms with Crippen molar-refractivity contribution < 1.29 is 9.50 Å². The lowest BCUT2D eigenvalue weighted by Crippen LogP contribution is -2.01. The van der Waals surface area contributed by atoms with Crippen molar-refractivity contribution >= 4 is 27.3 Å². The lowest BCUT2D eigenvalue weighted by atomic mass is 10.0. The Kier molecular flexibility index (Phi) is 3.97. The first-order valence-electron chi connectivity index (χ1n) is 5.24. The van der Waals surface area contributed by atoms with Crippen LogP contribution in [-0.2, 0) is 6.42 Å². The third kappa shape index (κ3) is 3.15. The van der Waals surface area contributed by atoms with Crippen LogP contribution >= 0.6 is 27.3 Å². The molecule has 1 aromatic carbocycles. The molecule has 90 valence electrons. The van der Waals surface area contributed by atoms with Crippen LogP contribution in [0.5, 0.6) is 0 Å². The first-order chi connectivity index (χ1) is 8.06. The largest absolute Gasteiger partial charge is 0.388 e. The molecule has 1 aromatic heterocycles. The molecular weight excluding hydrogens is 303 g/mol. The zero-order valence-electron chi connectivity index (χ0n) is 9.28. The summed E-state index contributed by atoms with van der Waals surface area (Å²) in [5.74, 6) is -0.236. The first kappa shape index (κ1) is 12.7. The number of aliphatic hydroxyl groups excluding tert-OH is 1. The number of benzene rings is 1. The number of aryl methyl sites for hydroxylation is 1. The molecule has 1 N–H and O–H groups in total. The Labute approximate surface area is 112 Å². The lowest BCUT2D eigenvalue weighted by Gasteiger charge is -2.10. The number of rotatable bonds is 3. The predicted octanol–water partition coefficient (Wildman–Crippen LogP) is 4.23. The molecule has 2 rings (SSSR count). The molecule has 1 atom stereocenters. The van der Waals surface area contributed by atoms with E-state index in [4.69, 9.17) is 0 Å². The maximum atomic E-state index is 13.1. The van der Waals surface area contributed by atoms with E-state index >= 15 is 0 Å². The van der Waals surface area contributed by atoms with Crippen LogP contribution in [0.15, 0.2) is 34.1 Å². The zero-order chi connectivity index (χ0) is 12.4. The number of hydrogen-bond donors (Lipinski definition) is 1. The maximum absolute atomic E-state index is 13.1. The zero-order valence-corrected chi connectivity index (χ0v) is 11.7. The maximum Gasteiger partial charge on any atom is 0.126 e. The second-order valence-electron chi connectivity index (χ2n) is 3.93. The Morgan fingerprint density at radius 3 is 2.71 bits per heavy atom. The Bertz CT molecular complexity index is 524. The van der Waals surface area contributed by atoms with E-state index in [0.29, 0.717) is 12.0 Å². The number of halogens is 2. The molecule has 0 amide bonds. The monoisotopic (exact) mass is 314 g/mol. The van der Waals surface area contributed by atoms with Gasteiger partial charge in [-0.3, -0.25) is 0 Å². The van der Waals surface area contributed by atoms with Crippen LogP contribution in [0.2, 0.25) is 0 Å². The second kappa shape index (κ2) is 5.29. The predicted molar refractivity (Wildman–Crippen MR) is 71.8 cm³/mol. The Hall–Kier alpha value is -0.710. The standard InChI is InChI=1S/C13H12BrFOS/c1-8-6-9(2-4-11(8)15)12(16)7-10-3-5-13(14)17-10/h2-6,12,16H,7H2,1H3. The van der Waals surface area contributed by atoms with Crippen LogP contribution < -0.4 is 0 Å². The molecule has 0 fully saturated rings. The van der Waals surface area contributed by atoms with Crippen LogP contribution in [0.3, 0.4) is 0 Å². The van der Waals surface area contributed by atoms with Crippen LogP contribution in [0.4, 0.5) is 4.39 Å². The highest BCUT2D eigenvalue weighted by molar-refractivity contribution is 9.11. The van der Waals surface area contributed by atoms with Crippen molar-refractivity contribution in [1.82, 2.24) is 0 Å². The van der Waals surface area contributed by atoms with E-state index in [1.54, 1.807) is 30.4 Å². The van der Waals surface area contributed by atoms with Crippen molar-refractivity contribution in [2.75, 3.05) is 0 Å². The molecule has 1 nitrogen and oxygen atoms in total. The van der Waals surface area contributed by atoms with Gasteiger partial charge in [0.05, 0.1) is 9.89 Å². The van der Waals surface area contributed by atoms with Gasteiger partial charge in [-0.1, -0.05) is 12.1 Å². The lowest BCUT2D eigenvalue weighted by molar-refractivity contribution is 0.179. The van der Waals surface area contributed by atoms with Crippen molar-refractivity contribution in [3.05, 3.63) is 55.9 Å². The quantitative estimate of drug-likeness (QED) is 0.898. The van der Waals surface area contributed by atoms with E-state index in [9.17, 15) is 9.50 Å². The van der Waals surface area contributed by atoms with Gasteiger partial charge in [-0.2, -0.15) is 0 Å². The number of hydrogen-bond acceptors (Lipinski definition) is 2. The molecular formula is C13H12BrFOS. The van der Waals surface area contributed by atoms with Crippen molar-refractivity contribution in [2.45, 2.75) is 19.4 Å². The van der Waals surface area contributed by atoms with Crippen molar-refractivity contribution in [3.63, 3.8) is 0 Å². The highest BCUT2D eigenvalue weighted by Crippen LogP contribution is 2.27. The fourth-order valence-electron chi connectivity index (χ4n) is 1.65. The summed E-state index contributed by atoms with van der Waals surface area (Å²) >= 11 is 4.99. The van der Waals surface area contributed by atoms with Gasteiger partial charge in [0.2, 0.25) is 0 Å². The Morgan fingerprint density at radius 1 is 1.35 bits per heavy atom. The fraction of sp³-hybridized carbons (Fsp3) is 0.231. The van der Waals surface area contributed by atoms with Gasteiger partial charge < -0.3 is 5.11 Å². The summed E-state index contributed by atoms with van der Waals surface area (Å²) in [7, 11) is 0. The highest BCUT2D eigenvalue weighted by atomic mass is 79.9. The van der Waals surface area contributed by atoms with Crippen LogP contribution in [0.25, 0.3) is 0 Å². The molecule has 0 radical (unpaired) electrons. The van der Waals surface area contributed by atoms with E-state index in [1.807, 2.05) is 12.1 Å². The topological polar surface area (TPSA) is 20.2 Å². The highest BCUT2D eigenvalue weighted by Gasteiger charge is 2.11. The SMILES string of the molecule is Cc1cc(C(O)Cc2ccc(Br)s2)ccc1F.